The maximum Gasteiger partial charge on any atom is 0.269 e. The van der Waals surface area contributed by atoms with Gasteiger partial charge in [0, 0.05) is 24.7 Å². The van der Waals surface area contributed by atoms with Crippen molar-refractivity contribution in [3.8, 4) is 11.5 Å². The molecule has 0 amide bonds. The van der Waals surface area contributed by atoms with Crippen molar-refractivity contribution < 1.29 is 27.2 Å². The zero-order valence-electron chi connectivity index (χ0n) is 23.7. The Hall–Kier alpha value is -2.99. The molecule has 0 bridgehead atoms. The van der Waals surface area contributed by atoms with Crippen molar-refractivity contribution in [3.05, 3.63) is 81.9 Å². The molecule has 40 heavy (non-hydrogen) atoms. The summed E-state index contributed by atoms with van der Waals surface area (Å²) in [6.45, 7) is 13.2. The maximum absolute atomic E-state index is 14.2. The van der Waals surface area contributed by atoms with Crippen molar-refractivity contribution >= 4 is 24.0 Å². The number of fused-ring (bicyclic) bond motifs is 2. The average Bonchev–Trinajstić information content (AvgIpc) is 3.50. The Labute approximate surface area is 236 Å². The largest absolute Gasteiger partial charge is 0.454 e. The van der Waals surface area contributed by atoms with Crippen LogP contribution in [0.2, 0.25) is 18.1 Å². The highest BCUT2D eigenvalue weighted by Gasteiger charge is 2.57. The summed E-state index contributed by atoms with van der Waals surface area (Å²) in [5, 5.41) is 11.2. The number of sulfonamides is 1. The van der Waals surface area contributed by atoms with Crippen molar-refractivity contribution in [1.29, 1.82) is 0 Å². The third-order valence-corrected chi connectivity index (χ3v) is 15.2. The number of rotatable bonds is 6. The number of non-ortho nitro benzene ring substituents is 1. The molecule has 0 unspecified atom stereocenters. The summed E-state index contributed by atoms with van der Waals surface area (Å²) in [5.41, 5.74) is 0.964. The molecule has 3 aliphatic rings. The Bertz CT molecular complexity index is 1500. The second-order valence-corrected chi connectivity index (χ2v) is 18.7. The summed E-state index contributed by atoms with van der Waals surface area (Å²) >= 11 is 0. The third-order valence-electron chi connectivity index (χ3n) is 8.87. The number of benzene rings is 2. The number of nitrogens with zero attached hydrogens (tertiary/aromatic N) is 2. The van der Waals surface area contributed by atoms with Gasteiger partial charge in [-0.15, -0.1) is 0 Å². The van der Waals surface area contributed by atoms with E-state index in [0.29, 0.717) is 17.9 Å². The van der Waals surface area contributed by atoms with E-state index in [0.717, 1.165) is 11.1 Å². The van der Waals surface area contributed by atoms with E-state index in [1.807, 2.05) is 31.2 Å². The van der Waals surface area contributed by atoms with Crippen LogP contribution in [0.15, 0.2) is 71.2 Å². The molecule has 1 aliphatic carbocycles. The fraction of sp³-hybridized carbons (Fsp3) is 0.448. The number of ether oxygens (including phenoxy) is 2. The second-order valence-electron chi connectivity index (χ2n) is 12.1. The minimum absolute atomic E-state index is 0.0125. The van der Waals surface area contributed by atoms with Gasteiger partial charge in [0.15, 0.2) is 19.8 Å². The van der Waals surface area contributed by atoms with E-state index in [-0.39, 0.29) is 35.1 Å². The highest BCUT2D eigenvalue weighted by Crippen LogP contribution is 2.53. The van der Waals surface area contributed by atoms with Gasteiger partial charge in [-0.05, 0) is 66.9 Å². The van der Waals surface area contributed by atoms with Gasteiger partial charge in [-0.25, -0.2) is 8.42 Å². The van der Waals surface area contributed by atoms with Gasteiger partial charge in [-0.3, -0.25) is 10.1 Å². The number of nitro benzene ring substituents is 1. The van der Waals surface area contributed by atoms with E-state index >= 15 is 0 Å². The van der Waals surface area contributed by atoms with E-state index in [1.165, 1.54) is 24.3 Å². The molecule has 0 N–H and O–H groups in total. The first-order valence-electron chi connectivity index (χ1n) is 13.4. The molecule has 9 nitrogen and oxygen atoms in total. The number of allylic oxidation sites excluding steroid dienone is 1. The SMILES string of the molecule is C/C=C1\CN(S(=O)(=O)c2ccc([N+](=O)[O-])cc2)[C@H]2C[C@@H](O[Si](C)(C)C(C)(C)C)C=C[C@@]12c1ccc2c(c1)OCO2. The van der Waals surface area contributed by atoms with E-state index in [4.69, 9.17) is 13.9 Å². The summed E-state index contributed by atoms with van der Waals surface area (Å²) in [5.74, 6) is 1.29. The van der Waals surface area contributed by atoms with Crippen LogP contribution in [0, 0.1) is 10.1 Å². The minimum Gasteiger partial charge on any atom is -0.454 e. The predicted molar refractivity (Wildman–Crippen MR) is 155 cm³/mol. The van der Waals surface area contributed by atoms with Crippen LogP contribution in [0.1, 0.15) is 39.7 Å². The standard InChI is InChI=1S/C29H36N2O7SSi/c1-7-20-18-30(39(34,35)24-11-9-22(10-12-24)31(32)33)27-17-23(38-40(5,6)28(2,3)4)14-15-29(20,27)21-8-13-25-26(16-21)37-19-36-25/h7-16,23,27H,17-19H2,1-6H3/b20-7+/t23-,27-,29-/m0/s1. The van der Waals surface area contributed by atoms with Crippen molar-refractivity contribution in [3.63, 3.8) is 0 Å². The van der Waals surface area contributed by atoms with Gasteiger partial charge >= 0.3 is 0 Å². The van der Waals surface area contributed by atoms with Gasteiger partial charge in [-0.2, -0.15) is 4.31 Å². The zero-order valence-corrected chi connectivity index (χ0v) is 25.5. The first-order chi connectivity index (χ1) is 18.7. The van der Waals surface area contributed by atoms with Crippen molar-refractivity contribution in [2.24, 2.45) is 0 Å². The van der Waals surface area contributed by atoms with E-state index in [1.54, 1.807) is 4.31 Å². The fourth-order valence-electron chi connectivity index (χ4n) is 5.66. The molecular weight excluding hydrogens is 548 g/mol. The first kappa shape index (κ1) is 28.5. The Morgan fingerprint density at radius 1 is 1.12 bits per heavy atom. The number of hydrogen-bond acceptors (Lipinski definition) is 7. The highest BCUT2D eigenvalue weighted by atomic mass is 32.2. The van der Waals surface area contributed by atoms with Crippen molar-refractivity contribution in [1.82, 2.24) is 4.31 Å². The topological polar surface area (TPSA) is 108 Å². The lowest BCUT2D eigenvalue weighted by molar-refractivity contribution is -0.384. The Balaban J connectivity index is 1.63. The molecule has 2 heterocycles. The Morgan fingerprint density at radius 2 is 1.80 bits per heavy atom. The lowest BCUT2D eigenvalue weighted by Gasteiger charge is -2.45. The van der Waals surface area contributed by atoms with E-state index < -0.39 is 34.7 Å². The van der Waals surface area contributed by atoms with Crippen molar-refractivity contribution in [2.75, 3.05) is 13.3 Å². The van der Waals surface area contributed by atoms with Crippen LogP contribution in [0.4, 0.5) is 5.69 Å². The highest BCUT2D eigenvalue weighted by molar-refractivity contribution is 7.89. The monoisotopic (exact) mass is 584 g/mol. The van der Waals surface area contributed by atoms with Crippen LogP contribution in [0.25, 0.3) is 0 Å². The average molecular weight is 585 g/mol. The van der Waals surface area contributed by atoms with Gasteiger partial charge in [0.25, 0.3) is 5.69 Å². The molecule has 0 saturated carbocycles. The molecule has 0 spiro atoms. The lowest BCUT2D eigenvalue weighted by atomic mass is 9.67. The number of hydrogen-bond donors (Lipinski definition) is 0. The first-order valence-corrected chi connectivity index (χ1v) is 17.7. The molecule has 2 aromatic rings. The number of nitro groups is 1. The third kappa shape index (κ3) is 4.58. The normalized spacial score (nSPS) is 25.8. The molecule has 1 fully saturated rings. The Kier molecular flexibility index (Phi) is 7.01. The smallest absolute Gasteiger partial charge is 0.269 e. The lowest BCUT2D eigenvalue weighted by Crippen LogP contribution is -2.51. The molecule has 2 aromatic carbocycles. The molecule has 1 saturated heterocycles. The van der Waals surface area contributed by atoms with Gasteiger partial charge in [0.05, 0.1) is 21.3 Å². The van der Waals surface area contributed by atoms with Crippen LogP contribution < -0.4 is 9.47 Å². The molecule has 214 valence electrons. The van der Waals surface area contributed by atoms with Crippen LogP contribution in [0.3, 0.4) is 0 Å². The molecule has 0 radical (unpaired) electrons. The molecule has 2 aliphatic heterocycles. The van der Waals surface area contributed by atoms with Crippen LogP contribution >= 0.6 is 0 Å². The van der Waals surface area contributed by atoms with Crippen molar-refractivity contribution in [2.45, 2.75) is 74.7 Å². The molecule has 11 heteroatoms. The molecule has 3 atom stereocenters. The molecular formula is C29H36N2O7SSi. The van der Waals surface area contributed by atoms with Gasteiger partial charge in [0.2, 0.25) is 16.8 Å². The summed E-state index contributed by atoms with van der Waals surface area (Å²) in [7, 11) is -6.17. The predicted octanol–water partition coefficient (Wildman–Crippen LogP) is 5.93. The maximum atomic E-state index is 14.2. The van der Waals surface area contributed by atoms with E-state index in [2.05, 4.69) is 46.0 Å². The van der Waals surface area contributed by atoms with Crippen LogP contribution in [-0.2, 0) is 19.9 Å². The minimum atomic E-state index is -4.01. The Morgan fingerprint density at radius 3 is 2.42 bits per heavy atom. The quantitative estimate of drug-likeness (QED) is 0.179. The fourth-order valence-corrected chi connectivity index (χ4v) is 8.59. The van der Waals surface area contributed by atoms with Gasteiger partial charge in [-0.1, -0.05) is 45.1 Å². The molecule has 5 rings (SSSR count). The van der Waals surface area contributed by atoms with Gasteiger partial charge in [0.1, 0.15) is 0 Å². The summed E-state index contributed by atoms with van der Waals surface area (Å²) in [6, 6.07) is 10.4. The summed E-state index contributed by atoms with van der Waals surface area (Å²) < 4.78 is 47.9. The van der Waals surface area contributed by atoms with Crippen LogP contribution in [-0.4, -0.2) is 51.4 Å². The molecule has 0 aromatic heterocycles. The van der Waals surface area contributed by atoms with E-state index in [9.17, 15) is 18.5 Å². The second kappa shape index (κ2) is 9.83. The summed E-state index contributed by atoms with van der Waals surface area (Å²) in [6.07, 6.45) is 6.38. The zero-order chi connectivity index (χ0) is 29.1. The van der Waals surface area contributed by atoms with Crippen LogP contribution in [0.5, 0.6) is 11.5 Å². The summed E-state index contributed by atoms with van der Waals surface area (Å²) in [4.78, 5) is 10.7. The van der Waals surface area contributed by atoms with Gasteiger partial charge < -0.3 is 13.9 Å².